The van der Waals surface area contributed by atoms with Crippen molar-refractivity contribution in [1.82, 2.24) is 51.3 Å². The van der Waals surface area contributed by atoms with Crippen molar-refractivity contribution in [3.8, 4) is 74.1 Å². The molecule has 0 aliphatic heterocycles. The van der Waals surface area contributed by atoms with Crippen molar-refractivity contribution in [2.75, 3.05) is 38.5 Å². The number of anilines is 1. The number of ether oxygens (including phenoxy) is 4. The van der Waals surface area contributed by atoms with Gasteiger partial charge in [-0.3, -0.25) is 29.6 Å². The normalized spacial score (nSPS) is 15.2. The largest absolute Gasteiger partial charge is 0.482 e. The number of Topliss-reactive ketones (excluding diaryl/α,β-unsaturated/α-hetero) is 1. The summed E-state index contributed by atoms with van der Waals surface area (Å²) >= 11 is 35.5. The number of amides is 3. The number of benzene rings is 4. The molecule has 23 nitrogen and oxygen atoms in total. The molecule has 12 rings (SSSR count). The van der Waals surface area contributed by atoms with Crippen molar-refractivity contribution in [2.45, 2.75) is 127 Å². The van der Waals surface area contributed by atoms with Crippen molar-refractivity contribution >= 4 is 98.9 Å². The van der Waals surface area contributed by atoms with Crippen LogP contribution in [0, 0.1) is 17.2 Å². The molecule has 5 N–H and O–H groups in total. The molecule has 2 fully saturated rings. The van der Waals surface area contributed by atoms with Crippen LogP contribution in [0.2, 0.25) is 30.3 Å². The Bertz CT molecular complexity index is 5200. The number of hydrogen-bond donors (Lipinski definition) is 5. The van der Waals surface area contributed by atoms with Gasteiger partial charge in [-0.25, -0.2) is 19.9 Å². The predicted octanol–water partition coefficient (Wildman–Crippen LogP) is 20.3. The van der Waals surface area contributed by atoms with E-state index in [-0.39, 0.29) is 130 Å². The average molecular weight is 1840 g/mol. The molecule has 4 aromatic carbocycles. The van der Waals surface area contributed by atoms with E-state index in [4.69, 9.17) is 98.3 Å². The van der Waals surface area contributed by atoms with Gasteiger partial charge in [0, 0.05) is 59.2 Å². The number of nitrogens with one attached hydrogen (secondary N) is 3. The summed E-state index contributed by atoms with van der Waals surface area (Å²) in [5.74, 6) is -1.93. The third kappa shape index (κ3) is 29.7. The molecule has 0 radical (unpaired) electrons. The maximum absolute atomic E-state index is 12.7. The molecule has 0 unspecified atom stereocenters. The second-order valence-electron chi connectivity index (χ2n) is 27.7. The van der Waals surface area contributed by atoms with Crippen molar-refractivity contribution in [3.05, 3.63) is 222 Å². The Hall–Kier alpha value is -10.8. The van der Waals surface area contributed by atoms with E-state index in [2.05, 4.69) is 51.3 Å². The highest BCUT2D eigenvalue weighted by molar-refractivity contribution is 6.42. The van der Waals surface area contributed by atoms with E-state index >= 15 is 0 Å². The standard InChI is InChI=1S/C21H20Cl2F3NO3.C21H19ClF3N3O3.C20H19Cl2F3N2O3.C20H14ClF3N6O2/c22-14-6-5-13(9-15(14)23)20-19(30-11-21(24,25)26)8-7-16(27-20)18(29)10-12-3-1-2-4-17(12)28;1-12(2)17-9-15(31-28-17)10-26-20(29)16-7-8-18(30-11-21(23,24)25)19(27-16)13-3-5-14(22)6-4-13;21-14-6-5-11(8-15(14)22)13-7-12(9-26-19(13)30-10-20(23,24)25)18(29)27-16-3-1-2-4-17(16)28;1-30(17-7-6-16(21)27-28-17)29-18(31)14-8-15(13-4-2-12(9-25)3-5-13)19(26-10-14)32-11-20(22,23)24/h5-9,12,17,28H,1-4,10-11H2;3-9,12H,10-11H2,1-2H3,(H,26,29);5-9,16-17,28H,1-4,10H2,(H,27,29);2-8,10H,11H2,1H3,(H,29,31)/t12-,17+;;16-,17-;/m0.1./s1. The quantitative estimate of drug-likeness (QED) is 0.0213. The summed E-state index contributed by atoms with van der Waals surface area (Å²) in [4.78, 5) is 67.0. The molecule has 0 saturated heterocycles. The van der Waals surface area contributed by atoms with Gasteiger partial charge in [0.25, 0.3) is 17.7 Å². The number of carbonyl (C=O) groups is 4. The number of carbonyl (C=O) groups excluding carboxylic acids is 4. The van der Waals surface area contributed by atoms with E-state index in [1.165, 1.54) is 121 Å². The molecular weight excluding hydrogens is 1770 g/mol. The highest BCUT2D eigenvalue weighted by Gasteiger charge is 2.35. The predicted molar refractivity (Wildman–Crippen MR) is 432 cm³/mol. The first-order valence-electron chi connectivity index (χ1n) is 37.0. The zero-order chi connectivity index (χ0) is 89.7. The van der Waals surface area contributed by atoms with Crippen LogP contribution in [0.15, 0.2) is 156 Å². The fraction of sp³-hybridized carbons (Fsp3) is 0.317. The van der Waals surface area contributed by atoms with E-state index < -0.39 is 81.1 Å². The molecule has 0 spiro atoms. The Morgan fingerprint density at radius 3 is 1.57 bits per heavy atom. The number of rotatable bonds is 24. The maximum atomic E-state index is 12.7. The number of ketones is 1. The molecule has 652 valence electrons. The minimum absolute atomic E-state index is 0.00732. The van der Waals surface area contributed by atoms with Crippen LogP contribution in [-0.4, -0.2) is 145 Å². The Labute approximate surface area is 724 Å². The molecule has 6 aromatic heterocycles. The number of nitriles is 1. The van der Waals surface area contributed by atoms with Gasteiger partial charge in [0.2, 0.25) is 11.8 Å². The fourth-order valence-corrected chi connectivity index (χ4v) is 12.7. The van der Waals surface area contributed by atoms with Crippen LogP contribution < -0.4 is 40.0 Å². The lowest BCUT2D eigenvalue weighted by Gasteiger charge is -2.28. The third-order valence-electron chi connectivity index (χ3n) is 18.0. The number of nitrogens with zero attached hydrogens (tertiary/aromatic N) is 9. The lowest BCUT2D eigenvalue weighted by Crippen LogP contribution is -2.45. The van der Waals surface area contributed by atoms with Crippen LogP contribution in [0.1, 0.15) is 136 Å². The minimum Gasteiger partial charge on any atom is -0.482 e. The van der Waals surface area contributed by atoms with E-state index in [0.717, 1.165) is 50.2 Å². The maximum Gasteiger partial charge on any atom is 0.422 e. The monoisotopic (exact) mass is 1840 g/mol. The Morgan fingerprint density at radius 1 is 0.545 bits per heavy atom. The highest BCUT2D eigenvalue weighted by Crippen LogP contribution is 2.39. The van der Waals surface area contributed by atoms with Crippen molar-refractivity contribution in [3.63, 3.8) is 0 Å². The SMILES string of the molecule is CC(C)c1cc(CNC(=O)c2ccc(OCC(F)(F)F)c(-c3ccc(Cl)cc3)n2)on1.CN(NC(=O)c1cnc(OCC(F)(F)F)c(-c2ccc(C#N)cc2)c1)c1ccc(Cl)nn1.O=C(C[C@@H]1CCCC[C@H]1O)c1ccc(OCC(F)(F)F)c(-c2ccc(Cl)c(Cl)c2)n1.O=C(N[C@@H]1CCCC[C@H]1O)c1cnc(OCC(F)(F)F)c(-c2ccc(Cl)c(Cl)c2)c1. The van der Waals surface area contributed by atoms with Gasteiger partial charge in [-0.05, 0) is 146 Å². The molecule has 2 aliphatic rings. The molecule has 123 heavy (non-hydrogen) atoms. The molecule has 6 heterocycles. The first-order chi connectivity index (χ1) is 58.1. The smallest absolute Gasteiger partial charge is 0.422 e. The van der Waals surface area contributed by atoms with Gasteiger partial charge >= 0.3 is 24.7 Å². The van der Waals surface area contributed by atoms with Gasteiger partial charge in [0.1, 0.15) is 34.3 Å². The van der Waals surface area contributed by atoms with Gasteiger partial charge in [-0.15, -0.1) is 10.2 Å². The van der Waals surface area contributed by atoms with E-state index in [0.29, 0.717) is 63.7 Å². The summed E-state index contributed by atoms with van der Waals surface area (Å²) in [7, 11) is 1.52. The third-order valence-corrected chi connectivity index (χ3v) is 20.0. The second kappa shape index (κ2) is 43.5. The minimum atomic E-state index is -4.57. The van der Waals surface area contributed by atoms with Gasteiger partial charge in [0.15, 0.2) is 48.9 Å². The summed E-state index contributed by atoms with van der Waals surface area (Å²) in [6, 6.07) is 35.5. The Kier molecular flexibility index (Phi) is 33.9. The van der Waals surface area contributed by atoms with Gasteiger partial charge in [0.05, 0.1) is 73.3 Å². The van der Waals surface area contributed by atoms with Crippen molar-refractivity contribution in [1.29, 1.82) is 5.26 Å². The lowest BCUT2D eigenvalue weighted by molar-refractivity contribution is -0.154. The molecular formula is C82H72Cl6F12N12O11. The molecule has 2 saturated carbocycles. The van der Waals surface area contributed by atoms with E-state index in [9.17, 15) is 82.1 Å². The zero-order valence-corrected chi connectivity index (χ0v) is 69.2. The van der Waals surface area contributed by atoms with E-state index in [1.54, 1.807) is 30.3 Å². The molecule has 4 atom stereocenters. The van der Waals surface area contributed by atoms with E-state index in [1.807, 2.05) is 19.9 Å². The molecule has 3 amide bonds. The first-order valence-corrected chi connectivity index (χ1v) is 39.3. The van der Waals surface area contributed by atoms with Crippen LogP contribution in [0.25, 0.3) is 44.8 Å². The summed E-state index contributed by atoms with van der Waals surface area (Å²) in [5, 5.41) is 48.8. The number of aliphatic hydroxyl groups excluding tert-OH is 2. The summed E-state index contributed by atoms with van der Waals surface area (Å²) in [5.41, 5.74) is 6.04. The number of aromatic nitrogens is 7. The van der Waals surface area contributed by atoms with Crippen LogP contribution >= 0.6 is 69.6 Å². The summed E-state index contributed by atoms with van der Waals surface area (Å²) in [6.45, 7) is -2.05. The van der Waals surface area contributed by atoms with Crippen molar-refractivity contribution < 1.29 is 106 Å². The number of alkyl halides is 12. The summed E-state index contributed by atoms with van der Waals surface area (Å²) in [6.07, 6.45) is -10.7. The molecule has 0 bridgehead atoms. The van der Waals surface area contributed by atoms with Crippen LogP contribution in [0.5, 0.6) is 23.3 Å². The molecule has 41 heteroatoms. The number of hydrazine groups is 1. The first kappa shape index (κ1) is 96.0. The van der Waals surface area contributed by atoms with Gasteiger partial charge < -0.3 is 44.3 Å². The number of hydrogen-bond acceptors (Lipinski definition) is 20. The average Bonchev–Trinajstić information content (AvgIpc) is 1.17. The van der Waals surface area contributed by atoms with Crippen molar-refractivity contribution in [2.24, 2.45) is 5.92 Å². The van der Waals surface area contributed by atoms with Crippen LogP contribution in [0.4, 0.5) is 58.5 Å². The van der Waals surface area contributed by atoms with Crippen LogP contribution in [0.3, 0.4) is 0 Å². The Balaban J connectivity index is 0.000000186. The molecule has 2 aliphatic carbocycles. The van der Waals surface area contributed by atoms with Gasteiger partial charge in [-0.1, -0.05) is 151 Å². The summed E-state index contributed by atoms with van der Waals surface area (Å²) < 4.78 is 176. The Morgan fingerprint density at radius 2 is 1.04 bits per heavy atom. The molecule has 10 aromatic rings. The zero-order valence-electron chi connectivity index (χ0n) is 64.6. The van der Waals surface area contributed by atoms with Crippen LogP contribution in [-0.2, 0) is 6.54 Å². The topological polar surface area (TPSA) is 312 Å². The number of aliphatic hydroxyl groups is 2. The van der Waals surface area contributed by atoms with Gasteiger partial charge in [-0.2, -0.15) is 57.9 Å². The fourth-order valence-electron chi connectivity index (χ4n) is 11.9. The second-order valence-corrected chi connectivity index (χ2v) is 30.2. The lowest BCUT2D eigenvalue weighted by atomic mass is 9.83. The number of halogens is 18. The number of pyridine rings is 4. The highest BCUT2D eigenvalue weighted by atomic mass is 35.5.